The molecule has 94 valence electrons. The summed E-state index contributed by atoms with van der Waals surface area (Å²) in [6, 6.07) is 3.50. The molecular weight excluding hydrogens is 228 g/mol. The van der Waals surface area contributed by atoms with Crippen LogP contribution in [-0.2, 0) is 4.74 Å². The molecule has 0 aromatic heterocycles. The Morgan fingerprint density at radius 3 is 2.71 bits per heavy atom. The molecule has 1 saturated carbocycles. The van der Waals surface area contributed by atoms with Gasteiger partial charge in [0.1, 0.15) is 18.0 Å². The van der Waals surface area contributed by atoms with E-state index in [0.29, 0.717) is 0 Å². The fraction of sp³-hybridized carbons (Fsp3) is 0.500. The average Bonchev–Trinajstić information content (AvgIpc) is 2.26. The second-order valence-electron chi connectivity index (χ2n) is 4.06. The highest BCUT2D eigenvalue weighted by molar-refractivity contribution is 5.25. The van der Waals surface area contributed by atoms with E-state index >= 15 is 0 Å². The first-order valence-corrected chi connectivity index (χ1v) is 5.47. The van der Waals surface area contributed by atoms with Crippen LogP contribution in [0.1, 0.15) is 6.42 Å². The molecule has 0 aliphatic heterocycles. The van der Waals surface area contributed by atoms with Crippen molar-refractivity contribution >= 4 is 0 Å². The fourth-order valence-corrected chi connectivity index (χ4v) is 2.03. The summed E-state index contributed by atoms with van der Waals surface area (Å²) in [6.07, 6.45) is 0.438. The van der Waals surface area contributed by atoms with E-state index < -0.39 is 11.6 Å². The molecule has 3 unspecified atom stereocenters. The Balaban J connectivity index is 2.02. The Hall–Kier alpha value is -1.20. The number of hydrogen-bond acceptors (Lipinski definition) is 3. The van der Waals surface area contributed by atoms with Gasteiger partial charge in [-0.15, -0.1) is 0 Å². The van der Waals surface area contributed by atoms with Gasteiger partial charge in [-0.2, -0.15) is 0 Å². The molecule has 5 heteroatoms. The highest BCUT2D eigenvalue weighted by Gasteiger charge is 2.42. The van der Waals surface area contributed by atoms with Crippen molar-refractivity contribution in [2.24, 2.45) is 0 Å². The minimum atomic E-state index is -0.687. The summed E-state index contributed by atoms with van der Waals surface area (Å²) in [5.74, 6) is -1.24. The molecule has 1 aromatic rings. The average molecular weight is 243 g/mol. The van der Waals surface area contributed by atoms with Gasteiger partial charge in [0.25, 0.3) is 0 Å². The summed E-state index contributed by atoms with van der Waals surface area (Å²) in [7, 11) is 3.43. The lowest BCUT2D eigenvalue weighted by molar-refractivity contribution is -0.0880. The van der Waals surface area contributed by atoms with Gasteiger partial charge in [0, 0.05) is 25.6 Å². The normalized spacial score (nSPS) is 27.6. The van der Waals surface area contributed by atoms with Gasteiger partial charge in [0.05, 0.1) is 0 Å². The topological polar surface area (TPSA) is 30.5 Å². The number of halogens is 2. The van der Waals surface area contributed by atoms with E-state index in [9.17, 15) is 8.78 Å². The Labute approximate surface area is 98.7 Å². The van der Waals surface area contributed by atoms with E-state index in [1.165, 1.54) is 12.1 Å². The van der Waals surface area contributed by atoms with Gasteiger partial charge in [0.2, 0.25) is 0 Å². The fourth-order valence-electron chi connectivity index (χ4n) is 2.03. The van der Waals surface area contributed by atoms with Crippen molar-refractivity contribution < 1.29 is 18.3 Å². The quantitative estimate of drug-likeness (QED) is 0.873. The van der Waals surface area contributed by atoms with Gasteiger partial charge in [0.15, 0.2) is 11.6 Å². The summed E-state index contributed by atoms with van der Waals surface area (Å²) < 4.78 is 36.8. The van der Waals surface area contributed by atoms with Gasteiger partial charge in [-0.05, 0) is 19.2 Å². The van der Waals surface area contributed by atoms with Crippen LogP contribution in [0, 0.1) is 11.6 Å². The smallest absolute Gasteiger partial charge is 0.167 e. The Bertz CT molecular complexity index is 400. The first-order chi connectivity index (χ1) is 8.15. The Morgan fingerprint density at radius 1 is 1.35 bits per heavy atom. The molecule has 2 rings (SSSR count). The van der Waals surface area contributed by atoms with Crippen molar-refractivity contribution in [2.45, 2.75) is 24.7 Å². The monoisotopic (exact) mass is 243 g/mol. The SMILES string of the molecule is CNC1CC(Oc2ccc(F)cc2F)C1OC. The summed E-state index contributed by atoms with van der Waals surface area (Å²) in [5.41, 5.74) is 0. The minimum absolute atomic E-state index is 0.0630. The summed E-state index contributed by atoms with van der Waals surface area (Å²) in [5, 5.41) is 3.08. The van der Waals surface area contributed by atoms with Crippen LogP contribution in [0.15, 0.2) is 18.2 Å². The van der Waals surface area contributed by atoms with E-state index in [2.05, 4.69) is 5.32 Å². The van der Waals surface area contributed by atoms with Crippen molar-refractivity contribution in [3.63, 3.8) is 0 Å². The lowest BCUT2D eigenvalue weighted by Crippen LogP contribution is -2.60. The number of hydrogen-bond donors (Lipinski definition) is 1. The maximum atomic E-state index is 13.4. The van der Waals surface area contributed by atoms with E-state index in [-0.39, 0.29) is 24.0 Å². The molecule has 1 aromatic carbocycles. The van der Waals surface area contributed by atoms with Crippen molar-refractivity contribution in [1.29, 1.82) is 0 Å². The Kier molecular flexibility index (Phi) is 3.59. The van der Waals surface area contributed by atoms with Crippen molar-refractivity contribution in [1.82, 2.24) is 5.32 Å². The molecule has 17 heavy (non-hydrogen) atoms. The zero-order valence-corrected chi connectivity index (χ0v) is 9.74. The lowest BCUT2D eigenvalue weighted by atomic mass is 9.85. The molecule has 3 nitrogen and oxygen atoms in total. The van der Waals surface area contributed by atoms with Crippen molar-refractivity contribution in [3.8, 4) is 5.75 Å². The van der Waals surface area contributed by atoms with Crippen LogP contribution in [0.3, 0.4) is 0 Å². The predicted molar refractivity (Wildman–Crippen MR) is 59.0 cm³/mol. The second-order valence-corrected chi connectivity index (χ2v) is 4.06. The zero-order valence-electron chi connectivity index (χ0n) is 9.74. The van der Waals surface area contributed by atoms with Crippen LogP contribution in [0.5, 0.6) is 5.75 Å². The van der Waals surface area contributed by atoms with Crippen LogP contribution < -0.4 is 10.1 Å². The molecule has 0 heterocycles. The number of likely N-dealkylation sites (N-methyl/N-ethyl adjacent to an activating group) is 1. The van der Waals surface area contributed by atoms with Gasteiger partial charge in [-0.25, -0.2) is 8.78 Å². The molecule has 1 aliphatic carbocycles. The van der Waals surface area contributed by atoms with E-state index in [0.717, 1.165) is 12.5 Å². The van der Waals surface area contributed by atoms with Crippen molar-refractivity contribution in [2.75, 3.05) is 14.2 Å². The standard InChI is InChI=1S/C12H15F2NO2/c1-15-9-6-11(12(9)16-2)17-10-4-3-7(13)5-8(10)14/h3-5,9,11-12,15H,6H2,1-2H3. The van der Waals surface area contributed by atoms with Crippen LogP contribution >= 0.6 is 0 Å². The number of nitrogens with one attached hydrogen (secondary N) is 1. The molecule has 1 fully saturated rings. The molecule has 1 N–H and O–H groups in total. The summed E-state index contributed by atoms with van der Waals surface area (Å²) in [4.78, 5) is 0. The molecule has 0 radical (unpaired) electrons. The third kappa shape index (κ3) is 2.40. The minimum Gasteiger partial charge on any atom is -0.485 e. The van der Waals surface area contributed by atoms with Crippen LogP contribution in [-0.4, -0.2) is 32.4 Å². The van der Waals surface area contributed by atoms with Gasteiger partial charge in [-0.1, -0.05) is 0 Å². The van der Waals surface area contributed by atoms with Crippen LogP contribution in [0.2, 0.25) is 0 Å². The Morgan fingerprint density at radius 2 is 2.12 bits per heavy atom. The maximum absolute atomic E-state index is 13.4. The van der Waals surface area contributed by atoms with Gasteiger partial charge >= 0.3 is 0 Å². The molecule has 0 saturated heterocycles. The maximum Gasteiger partial charge on any atom is 0.167 e. The molecule has 1 aliphatic rings. The van der Waals surface area contributed by atoms with Crippen LogP contribution in [0.25, 0.3) is 0 Å². The molecule has 3 atom stereocenters. The van der Waals surface area contributed by atoms with Crippen LogP contribution in [0.4, 0.5) is 8.78 Å². The molecule has 0 bridgehead atoms. The predicted octanol–water partition coefficient (Wildman–Crippen LogP) is 1.72. The molecule has 0 amide bonds. The van der Waals surface area contributed by atoms with Gasteiger partial charge < -0.3 is 14.8 Å². The third-order valence-electron chi connectivity index (χ3n) is 3.06. The second kappa shape index (κ2) is 4.98. The summed E-state index contributed by atoms with van der Waals surface area (Å²) in [6.45, 7) is 0. The van der Waals surface area contributed by atoms with E-state index in [1.54, 1.807) is 7.11 Å². The third-order valence-corrected chi connectivity index (χ3v) is 3.06. The number of benzene rings is 1. The zero-order chi connectivity index (χ0) is 12.4. The van der Waals surface area contributed by atoms with Gasteiger partial charge in [-0.3, -0.25) is 0 Å². The number of ether oxygens (including phenoxy) is 2. The highest BCUT2D eigenvalue weighted by Crippen LogP contribution is 2.29. The van der Waals surface area contributed by atoms with E-state index in [1.807, 2.05) is 7.05 Å². The first kappa shape index (κ1) is 12.3. The molecule has 0 spiro atoms. The summed E-state index contributed by atoms with van der Waals surface area (Å²) >= 11 is 0. The lowest BCUT2D eigenvalue weighted by Gasteiger charge is -2.42. The number of rotatable bonds is 4. The highest BCUT2D eigenvalue weighted by atomic mass is 19.1. The first-order valence-electron chi connectivity index (χ1n) is 5.47. The van der Waals surface area contributed by atoms with Crippen molar-refractivity contribution in [3.05, 3.63) is 29.8 Å². The van der Waals surface area contributed by atoms with E-state index in [4.69, 9.17) is 9.47 Å². The largest absolute Gasteiger partial charge is 0.485 e. The molecular formula is C12H15F2NO2. The number of methoxy groups -OCH3 is 1.